The summed E-state index contributed by atoms with van der Waals surface area (Å²) in [5.74, 6) is 0.425. The standard InChI is InChI=1S/C26H28N2O3/c1-2-17-27(25(29)16-15-22-10-5-3-6-11-22)21-26(30)28(20-24-14-9-18-31-24)19-23-12-7-4-8-13-23/h3-16,18H,2,17,19-21H2,1H3/b16-15+. The number of furan rings is 1. The lowest BCUT2D eigenvalue weighted by Crippen LogP contribution is -2.42. The zero-order valence-electron chi connectivity index (χ0n) is 17.8. The maximum Gasteiger partial charge on any atom is 0.247 e. The highest BCUT2D eigenvalue weighted by Gasteiger charge is 2.21. The van der Waals surface area contributed by atoms with Crippen molar-refractivity contribution in [2.24, 2.45) is 0 Å². The molecule has 0 saturated carbocycles. The molecule has 5 heteroatoms. The number of carbonyl (C=O) groups is 2. The van der Waals surface area contributed by atoms with Gasteiger partial charge in [0.05, 0.1) is 12.8 Å². The van der Waals surface area contributed by atoms with Crippen LogP contribution in [-0.2, 0) is 22.7 Å². The topological polar surface area (TPSA) is 53.8 Å². The maximum absolute atomic E-state index is 13.2. The van der Waals surface area contributed by atoms with E-state index in [2.05, 4.69) is 0 Å². The first-order valence-corrected chi connectivity index (χ1v) is 10.5. The number of hydrogen-bond donors (Lipinski definition) is 0. The van der Waals surface area contributed by atoms with Crippen molar-refractivity contribution >= 4 is 17.9 Å². The molecule has 0 bridgehead atoms. The summed E-state index contributed by atoms with van der Waals surface area (Å²) in [6.07, 6.45) is 5.68. The number of benzene rings is 2. The molecule has 0 aliphatic heterocycles. The van der Waals surface area contributed by atoms with Crippen LogP contribution in [0.5, 0.6) is 0 Å². The monoisotopic (exact) mass is 416 g/mol. The van der Waals surface area contributed by atoms with E-state index in [-0.39, 0.29) is 18.4 Å². The third kappa shape index (κ3) is 7.00. The van der Waals surface area contributed by atoms with Crippen molar-refractivity contribution in [1.82, 2.24) is 9.80 Å². The first-order chi connectivity index (χ1) is 15.2. The average molecular weight is 417 g/mol. The van der Waals surface area contributed by atoms with E-state index < -0.39 is 0 Å². The fourth-order valence-corrected chi connectivity index (χ4v) is 3.26. The van der Waals surface area contributed by atoms with Crippen LogP contribution in [-0.4, -0.2) is 34.7 Å². The molecule has 0 unspecified atom stereocenters. The summed E-state index contributed by atoms with van der Waals surface area (Å²) < 4.78 is 5.45. The highest BCUT2D eigenvalue weighted by atomic mass is 16.3. The smallest absolute Gasteiger partial charge is 0.247 e. The molecule has 0 fully saturated rings. The summed E-state index contributed by atoms with van der Waals surface area (Å²) in [6.45, 7) is 3.35. The van der Waals surface area contributed by atoms with Gasteiger partial charge in [-0.15, -0.1) is 0 Å². The molecule has 3 aromatic rings. The molecule has 1 heterocycles. The lowest BCUT2D eigenvalue weighted by Gasteiger charge is -2.26. The Kier molecular flexibility index (Phi) is 8.23. The molecular formula is C26H28N2O3. The molecule has 31 heavy (non-hydrogen) atoms. The molecule has 0 atom stereocenters. The highest BCUT2D eigenvalue weighted by molar-refractivity contribution is 5.94. The second kappa shape index (κ2) is 11.6. The predicted octanol–water partition coefficient (Wildman–Crippen LogP) is 4.76. The van der Waals surface area contributed by atoms with Crippen LogP contribution in [0.1, 0.15) is 30.2 Å². The summed E-state index contributed by atoms with van der Waals surface area (Å²) in [4.78, 5) is 29.3. The van der Waals surface area contributed by atoms with E-state index in [0.717, 1.165) is 17.5 Å². The van der Waals surface area contributed by atoms with Gasteiger partial charge in [0.15, 0.2) is 0 Å². The second-order valence-electron chi connectivity index (χ2n) is 7.32. The molecule has 160 valence electrons. The molecule has 0 spiro atoms. The van der Waals surface area contributed by atoms with Crippen molar-refractivity contribution in [3.8, 4) is 0 Å². The fourth-order valence-electron chi connectivity index (χ4n) is 3.26. The summed E-state index contributed by atoms with van der Waals surface area (Å²) in [7, 11) is 0. The van der Waals surface area contributed by atoms with Gasteiger partial charge in [0.25, 0.3) is 0 Å². The van der Waals surface area contributed by atoms with Crippen molar-refractivity contribution < 1.29 is 14.0 Å². The molecule has 2 amide bonds. The van der Waals surface area contributed by atoms with E-state index in [0.29, 0.717) is 25.4 Å². The van der Waals surface area contributed by atoms with Gasteiger partial charge in [-0.05, 0) is 35.8 Å². The number of rotatable bonds is 10. The average Bonchev–Trinajstić information content (AvgIpc) is 3.31. The van der Waals surface area contributed by atoms with Gasteiger partial charge in [-0.3, -0.25) is 9.59 Å². The number of carbonyl (C=O) groups excluding carboxylic acids is 2. The number of hydrogen-bond acceptors (Lipinski definition) is 3. The Morgan fingerprint density at radius 3 is 2.23 bits per heavy atom. The van der Waals surface area contributed by atoms with Crippen molar-refractivity contribution in [1.29, 1.82) is 0 Å². The van der Waals surface area contributed by atoms with Crippen LogP contribution >= 0.6 is 0 Å². The summed E-state index contributed by atoms with van der Waals surface area (Å²) in [5, 5.41) is 0. The van der Waals surface area contributed by atoms with E-state index >= 15 is 0 Å². The molecule has 0 radical (unpaired) electrons. The largest absolute Gasteiger partial charge is 0.467 e. The van der Waals surface area contributed by atoms with Crippen molar-refractivity contribution in [2.75, 3.05) is 13.1 Å². The van der Waals surface area contributed by atoms with Crippen LogP contribution in [0.25, 0.3) is 6.08 Å². The fraction of sp³-hybridized carbons (Fsp3) is 0.231. The number of amides is 2. The van der Waals surface area contributed by atoms with Gasteiger partial charge in [0, 0.05) is 19.2 Å². The van der Waals surface area contributed by atoms with Gasteiger partial charge < -0.3 is 14.2 Å². The van der Waals surface area contributed by atoms with Crippen LogP contribution in [0.4, 0.5) is 0 Å². The first kappa shape index (κ1) is 22.1. The van der Waals surface area contributed by atoms with Crippen LogP contribution in [0.15, 0.2) is 89.6 Å². The summed E-state index contributed by atoms with van der Waals surface area (Å²) in [5.41, 5.74) is 1.97. The Morgan fingerprint density at radius 2 is 1.58 bits per heavy atom. The van der Waals surface area contributed by atoms with E-state index in [9.17, 15) is 9.59 Å². The van der Waals surface area contributed by atoms with E-state index in [1.54, 1.807) is 22.1 Å². The molecular weight excluding hydrogens is 388 g/mol. The van der Waals surface area contributed by atoms with Gasteiger partial charge in [-0.2, -0.15) is 0 Å². The lowest BCUT2D eigenvalue weighted by atomic mass is 10.2. The summed E-state index contributed by atoms with van der Waals surface area (Å²) in [6, 6.07) is 23.1. The van der Waals surface area contributed by atoms with Gasteiger partial charge >= 0.3 is 0 Å². The van der Waals surface area contributed by atoms with Crippen molar-refractivity contribution in [2.45, 2.75) is 26.4 Å². The predicted molar refractivity (Wildman–Crippen MR) is 122 cm³/mol. The Hall–Kier alpha value is -3.60. The van der Waals surface area contributed by atoms with Crippen molar-refractivity contribution in [3.63, 3.8) is 0 Å². The third-order valence-corrected chi connectivity index (χ3v) is 4.85. The molecule has 5 nitrogen and oxygen atoms in total. The van der Waals surface area contributed by atoms with E-state index in [4.69, 9.17) is 4.42 Å². The van der Waals surface area contributed by atoms with Gasteiger partial charge in [-0.1, -0.05) is 67.6 Å². The van der Waals surface area contributed by atoms with Crippen molar-refractivity contribution in [3.05, 3.63) is 102 Å². The van der Waals surface area contributed by atoms with Gasteiger partial charge in [0.1, 0.15) is 12.3 Å². The zero-order valence-corrected chi connectivity index (χ0v) is 17.8. The SMILES string of the molecule is CCCN(CC(=O)N(Cc1ccccc1)Cc1ccco1)C(=O)/C=C/c1ccccc1. The minimum atomic E-state index is -0.170. The lowest BCUT2D eigenvalue weighted by molar-refractivity contribution is -0.139. The molecule has 3 rings (SSSR count). The molecule has 2 aromatic carbocycles. The number of nitrogens with zero attached hydrogens (tertiary/aromatic N) is 2. The third-order valence-electron chi connectivity index (χ3n) is 4.85. The minimum absolute atomic E-state index is 0.0271. The Balaban J connectivity index is 1.71. The second-order valence-corrected chi connectivity index (χ2v) is 7.32. The molecule has 1 aromatic heterocycles. The van der Waals surface area contributed by atoms with Gasteiger partial charge in [-0.25, -0.2) is 0 Å². The zero-order chi connectivity index (χ0) is 21.9. The minimum Gasteiger partial charge on any atom is -0.467 e. The molecule has 0 N–H and O–H groups in total. The highest BCUT2D eigenvalue weighted by Crippen LogP contribution is 2.12. The van der Waals surface area contributed by atoms with Crippen LogP contribution < -0.4 is 0 Å². The Bertz CT molecular complexity index is 966. The van der Waals surface area contributed by atoms with Crippen LogP contribution in [0.3, 0.4) is 0 Å². The molecule has 0 saturated heterocycles. The molecule has 0 aliphatic carbocycles. The van der Waals surface area contributed by atoms with E-state index in [1.165, 1.54) is 6.08 Å². The summed E-state index contributed by atoms with van der Waals surface area (Å²) >= 11 is 0. The quantitative estimate of drug-likeness (QED) is 0.448. The Morgan fingerprint density at radius 1 is 0.871 bits per heavy atom. The van der Waals surface area contributed by atoms with Crippen LogP contribution in [0.2, 0.25) is 0 Å². The normalized spacial score (nSPS) is 10.9. The Labute approximate surface area is 183 Å². The van der Waals surface area contributed by atoms with Gasteiger partial charge in [0.2, 0.25) is 11.8 Å². The first-order valence-electron chi connectivity index (χ1n) is 10.5. The maximum atomic E-state index is 13.2. The van der Waals surface area contributed by atoms with E-state index in [1.807, 2.05) is 79.7 Å². The van der Waals surface area contributed by atoms with Crippen LogP contribution in [0, 0.1) is 0 Å². The molecule has 0 aliphatic rings.